The molecule has 1 aromatic rings. The molecule has 0 unspecified atom stereocenters. The van der Waals surface area contributed by atoms with Gasteiger partial charge in [0.2, 0.25) is 0 Å². The molecule has 1 aliphatic carbocycles. The standard InChI is InChI=1S/C16H20FO2.Y/c1-2-4-15(18)19-12-16(9-3-10-16)11-13-5-7-14(17)8-6-13;/h2,5-8H,3-4,9-12H2,1H3;/q-1;. The molecule has 0 aliphatic heterocycles. The van der Waals surface area contributed by atoms with Crippen molar-refractivity contribution < 1.29 is 46.6 Å². The molecule has 2 rings (SSSR count). The molecule has 1 fully saturated rings. The van der Waals surface area contributed by atoms with Gasteiger partial charge in [-0.25, -0.2) is 4.39 Å². The van der Waals surface area contributed by atoms with E-state index in [1.54, 1.807) is 6.42 Å². The molecule has 0 aromatic heterocycles. The predicted molar refractivity (Wildman–Crippen MR) is 71.9 cm³/mol. The Balaban J connectivity index is 0.00000200. The summed E-state index contributed by atoms with van der Waals surface area (Å²) in [6, 6.07) is 6.60. The second kappa shape index (κ2) is 8.24. The van der Waals surface area contributed by atoms with Gasteiger partial charge in [-0.3, -0.25) is 4.79 Å². The van der Waals surface area contributed by atoms with E-state index >= 15 is 0 Å². The summed E-state index contributed by atoms with van der Waals surface area (Å²) < 4.78 is 18.2. The molecule has 1 aromatic carbocycles. The van der Waals surface area contributed by atoms with Crippen LogP contribution in [0.1, 0.15) is 38.2 Å². The quantitative estimate of drug-likeness (QED) is 0.577. The summed E-state index contributed by atoms with van der Waals surface area (Å²) in [4.78, 5) is 11.4. The first-order chi connectivity index (χ1) is 9.13. The van der Waals surface area contributed by atoms with Gasteiger partial charge in [0, 0.05) is 38.1 Å². The first-order valence-corrected chi connectivity index (χ1v) is 6.81. The van der Waals surface area contributed by atoms with Gasteiger partial charge < -0.3 is 11.2 Å². The average molecular weight is 352 g/mol. The number of rotatable bonds is 6. The van der Waals surface area contributed by atoms with Gasteiger partial charge in [-0.15, -0.1) is 0 Å². The van der Waals surface area contributed by atoms with Gasteiger partial charge in [0.1, 0.15) is 5.82 Å². The van der Waals surface area contributed by atoms with Crippen LogP contribution in [-0.4, -0.2) is 12.6 Å². The van der Waals surface area contributed by atoms with Crippen LogP contribution in [0.25, 0.3) is 0 Å². The fraction of sp³-hybridized carbons (Fsp3) is 0.500. The number of hydrogen-bond donors (Lipinski definition) is 0. The summed E-state index contributed by atoms with van der Waals surface area (Å²) in [7, 11) is 0. The number of ether oxygens (including phenoxy) is 1. The van der Waals surface area contributed by atoms with E-state index in [4.69, 9.17) is 4.74 Å². The van der Waals surface area contributed by atoms with Crippen molar-refractivity contribution >= 4 is 5.97 Å². The zero-order valence-corrected chi connectivity index (χ0v) is 14.7. The van der Waals surface area contributed by atoms with Crippen molar-refractivity contribution in [2.75, 3.05) is 6.61 Å². The van der Waals surface area contributed by atoms with Crippen LogP contribution in [0.5, 0.6) is 0 Å². The Morgan fingerprint density at radius 2 is 2.00 bits per heavy atom. The van der Waals surface area contributed by atoms with Crippen molar-refractivity contribution in [3.05, 3.63) is 42.1 Å². The summed E-state index contributed by atoms with van der Waals surface area (Å²) in [6.45, 7) is 2.33. The van der Waals surface area contributed by atoms with Crippen molar-refractivity contribution in [1.82, 2.24) is 0 Å². The molecule has 0 spiro atoms. The van der Waals surface area contributed by atoms with Gasteiger partial charge in [-0.05, 0) is 37.0 Å². The van der Waals surface area contributed by atoms with Crippen LogP contribution in [0, 0.1) is 17.7 Å². The first kappa shape index (κ1) is 17.8. The predicted octanol–water partition coefficient (Wildman–Crippen LogP) is 3.69. The molecule has 2 nitrogen and oxygen atoms in total. The minimum Gasteiger partial charge on any atom is -0.467 e. The maximum atomic E-state index is 12.9. The van der Waals surface area contributed by atoms with E-state index in [2.05, 4.69) is 0 Å². The number of benzene rings is 1. The summed E-state index contributed by atoms with van der Waals surface area (Å²) >= 11 is 0. The molecule has 20 heavy (non-hydrogen) atoms. The zero-order valence-electron chi connectivity index (χ0n) is 11.9. The molecule has 0 heterocycles. The Morgan fingerprint density at radius 3 is 2.50 bits per heavy atom. The first-order valence-electron chi connectivity index (χ1n) is 6.81. The van der Waals surface area contributed by atoms with Crippen molar-refractivity contribution in [1.29, 1.82) is 0 Å². The fourth-order valence-corrected chi connectivity index (χ4v) is 2.54. The minimum atomic E-state index is -0.212. The fourth-order valence-electron chi connectivity index (χ4n) is 2.54. The smallest absolute Gasteiger partial charge is 0.275 e. The monoisotopic (exact) mass is 352 g/mol. The van der Waals surface area contributed by atoms with E-state index in [9.17, 15) is 9.18 Å². The Morgan fingerprint density at radius 1 is 1.35 bits per heavy atom. The van der Waals surface area contributed by atoms with Crippen LogP contribution in [0.3, 0.4) is 0 Å². The SMILES string of the molecule is C[CH-]CC(=O)OCC1(Cc2ccc(F)cc2)CCC1.[Y]. The molecular weight excluding hydrogens is 332 g/mol. The molecule has 1 aliphatic rings. The second-order valence-electron chi connectivity index (χ2n) is 5.43. The molecule has 0 N–H and O–H groups in total. The summed E-state index contributed by atoms with van der Waals surface area (Å²) in [5, 5.41) is 0. The number of esters is 1. The van der Waals surface area contributed by atoms with Crippen molar-refractivity contribution in [3.8, 4) is 0 Å². The average Bonchev–Trinajstić information content (AvgIpc) is 2.35. The third kappa shape index (κ3) is 4.93. The van der Waals surface area contributed by atoms with Crippen molar-refractivity contribution in [2.24, 2.45) is 5.41 Å². The Labute approximate surface area is 145 Å². The molecule has 0 saturated heterocycles. The molecule has 0 atom stereocenters. The van der Waals surface area contributed by atoms with E-state index < -0.39 is 0 Å². The molecular formula is C16H20FO2Y-. The van der Waals surface area contributed by atoms with Crippen molar-refractivity contribution in [3.63, 3.8) is 0 Å². The van der Waals surface area contributed by atoms with Gasteiger partial charge in [-0.2, -0.15) is 6.92 Å². The molecule has 0 bridgehead atoms. The van der Waals surface area contributed by atoms with E-state index in [0.29, 0.717) is 13.0 Å². The normalized spacial score (nSPS) is 15.9. The number of halogens is 1. The Hall–Kier alpha value is -0.276. The number of hydrogen-bond acceptors (Lipinski definition) is 2. The van der Waals surface area contributed by atoms with Crippen LogP contribution in [0.4, 0.5) is 4.39 Å². The van der Waals surface area contributed by atoms with Crippen LogP contribution in [0.15, 0.2) is 24.3 Å². The molecule has 107 valence electrons. The maximum absolute atomic E-state index is 12.9. The van der Waals surface area contributed by atoms with Gasteiger partial charge in [0.25, 0.3) is 5.97 Å². The van der Waals surface area contributed by atoms with E-state index in [-0.39, 0.29) is 49.9 Å². The Bertz CT molecular complexity index is 427. The zero-order chi connectivity index (χ0) is 13.7. The Kier molecular flexibility index (Phi) is 7.32. The number of carbonyl (C=O) groups excluding carboxylic acids is 1. The third-order valence-corrected chi connectivity index (χ3v) is 3.82. The van der Waals surface area contributed by atoms with Crippen LogP contribution >= 0.6 is 0 Å². The van der Waals surface area contributed by atoms with E-state index in [1.807, 2.05) is 19.1 Å². The minimum absolute atomic E-state index is 0. The summed E-state index contributed by atoms with van der Waals surface area (Å²) in [5.41, 5.74) is 1.18. The van der Waals surface area contributed by atoms with Gasteiger partial charge in [0.05, 0.1) is 6.61 Å². The summed E-state index contributed by atoms with van der Waals surface area (Å²) in [6.07, 6.45) is 6.36. The van der Waals surface area contributed by atoms with E-state index in [1.165, 1.54) is 18.6 Å². The van der Waals surface area contributed by atoms with Gasteiger partial charge >= 0.3 is 0 Å². The van der Waals surface area contributed by atoms with Crippen molar-refractivity contribution in [2.45, 2.75) is 39.0 Å². The van der Waals surface area contributed by atoms with Gasteiger partial charge in [-0.1, -0.05) is 25.0 Å². The topological polar surface area (TPSA) is 26.3 Å². The maximum Gasteiger partial charge on any atom is 0.275 e. The summed E-state index contributed by atoms with van der Waals surface area (Å²) in [5.74, 6) is -0.371. The molecule has 1 saturated carbocycles. The van der Waals surface area contributed by atoms with E-state index in [0.717, 1.165) is 24.8 Å². The van der Waals surface area contributed by atoms with Crippen LogP contribution in [0.2, 0.25) is 0 Å². The third-order valence-electron chi connectivity index (χ3n) is 3.82. The largest absolute Gasteiger partial charge is 0.467 e. The second-order valence-corrected chi connectivity index (χ2v) is 5.43. The van der Waals surface area contributed by atoms with Crippen LogP contribution < -0.4 is 0 Å². The van der Waals surface area contributed by atoms with Gasteiger partial charge in [0.15, 0.2) is 0 Å². The van der Waals surface area contributed by atoms with Crippen LogP contribution in [-0.2, 0) is 48.7 Å². The number of carbonyl (C=O) groups is 1. The molecule has 0 amide bonds. The molecule has 1 radical (unpaired) electrons. The molecule has 4 heteroatoms.